The van der Waals surface area contributed by atoms with E-state index in [0.29, 0.717) is 12.2 Å². The summed E-state index contributed by atoms with van der Waals surface area (Å²) in [5.41, 5.74) is 6.04. The van der Waals surface area contributed by atoms with E-state index in [1.165, 1.54) is 0 Å². The molecular weight excluding hydrogens is 204 g/mol. The van der Waals surface area contributed by atoms with Crippen LogP contribution in [0.25, 0.3) is 0 Å². The molecule has 2 unspecified atom stereocenters. The predicted molar refractivity (Wildman–Crippen MR) is 64.1 cm³/mol. The van der Waals surface area contributed by atoms with Crippen molar-refractivity contribution in [3.8, 4) is 0 Å². The monoisotopic (exact) mass is 224 g/mol. The van der Waals surface area contributed by atoms with Gasteiger partial charge >= 0.3 is 0 Å². The smallest absolute Gasteiger partial charge is 0.123 e. The van der Waals surface area contributed by atoms with E-state index in [1.807, 2.05) is 19.9 Å². The van der Waals surface area contributed by atoms with E-state index >= 15 is 0 Å². The van der Waals surface area contributed by atoms with Crippen molar-refractivity contribution in [2.24, 2.45) is 0 Å². The summed E-state index contributed by atoms with van der Waals surface area (Å²) in [5.74, 6) is 0.473. The van der Waals surface area contributed by atoms with Gasteiger partial charge in [0, 0.05) is 19.7 Å². The van der Waals surface area contributed by atoms with Crippen molar-refractivity contribution in [2.75, 3.05) is 12.8 Å². The highest BCUT2D eigenvalue weighted by molar-refractivity contribution is 5.32. The van der Waals surface area contributed by atoms with E-state index in [0.717, 1.165) is 12.0 Å². The average Bonchev–Trinajstić information content (AvgIpc) is 2.28. The Morgan fingerprint density at radius 3 is 2.81 bits per heavy atom. The molecule has 0 aliphatic rings. The van der Waals surface area contributed by atoms with Gasteiger partial charge in [0.2, 0.25) is 0 Å². The third-order valence-corrected chi connectivity index (χ3v) is 3.15. The number of aliphatic hydroxyl groups excluding tert-OH is 1. The van der Waals surface area contributed by atoms with Gasteiger partial charge in [0.05, 0.1) is 11.7 Å². The average molecular weight is 224 g/mol. The molecule has 16 heavy (non-hydrogen) atoms. The zero-order chi connectivity index (χ0) is 12.2. The first-order valence-corrected chi connectivity index (χ1v) is 5.45. The lowest BCUT2D eigenvalue weighted by Crippen LogP contribution is -2.42. The van der Waals surface area contributed by atoms with Crippen LogP contribution in [0.3, 0.4) is 0 Å². The van der Waals surface area contributed by atoms with Gasteiger partial charge in [0.1, 0.15) is 5.82 Å². The van der Waals surface area contributed by atoms with Crippen molar-refractivity contribution in [1.82, 2.24) is 4.98 Å². The lowest BCUT2D eigenvalue weighted by molar-refractivity contribution is -0.0914. The normalized spacial score (nSPS) is 16.8. The number of aliphatic hydroxyl groups is 1. The number of hydrogen-bond acceptors (Lipinski definition) is 4. The summed E-state index contributed by atoms with van der Waals surface area (Å²) in [6.07, 6.45) is 2.37. The Balaban J connectivity index is 2.74. The van der Waals surface area contributed by atoms with Crippen molar-refractivity contribution in [3.05, 3.63) is 23.9 Å². The first-order valence-electron chi connectivity index (χ1n) is 5.45. The van der Waals surface area contributed by atoms with Crippen molar-refractivity contribution in [3.63, 3.8) is 0 Å². The van der Waals surface area contributed by atoms with Crippen molar-refractivity contribution >= 4 is 5.82 Å². The van der Waals surface area contributed by atoms with Crippen LogP contribution in [0.5, 0.6) is 0 Å². The minimum Gasteiger partial charge on any atom is -0.390 e. The third-order valence-electron chi connectivity index (χ3n) is 3.15. The van der Waals surface area contributed by atoms with Crippen LogP contribution in [0.15, 0.2) is 18.3 Å². The molecule has 90 valence electrons. The zero-order valence-electron chi connectivity index (χ0n) is 10.1. The van der Waals surface area contributed by atoms with Gasteiger partial charge in [-0.05, 0) is 31.0 Å². The Hall–Kier alpha value is -1.13. The summed E-state index contributed by atoms with van der Waals surface area (Å²) < 4.78 is 5.35. The van der Waals surface area contributed by atoms with Gasteiger partial charge in [-0.15, -0.1) is 0 Å². The summed E-state index contributed by atoms with van der Waals surface area (Å²) in [6, 6.07) is 3.63. The number of nitrogens with zero attached hydrogens (tertiary/aromatic N) is 1. The highest BCUT2D eigenvalue weighted by Crippen LogP contribution is 2.22. The summed E-state index contributed by atoms with van der Waals surface area (Å²) in [7, 11) is 1.62. The number of nitrogen functional groups attached to an aromatic ring is 1. The number of anilines is 1. The van der Waals surface area contributed by atoms with E-state index in [-0.39, 0.29) is 0 Å². The maximum absolute atomic E-state index is 10.1. The van der Waals surface area contributed by atoms with Gasteiger partial charge in [0.15, 0.2) is 0 Å². The summed E-state index contributed by atoms with van der Waals surface area (Å²) in [6.45, 7) is 3.90. The molecule has 3 N–H and O–H groups in total. The van der Waals surface area contributed by atoms with Crippen LogP contribution in [0.4, 0.5) is 5.82 Å². The topological polar surface area (TPSA) is 68.4 Å². The van der Waals surface area contributed by atoms with Crippen LogP contribution in [-0.2, 0) is 11.2 Å². The van der Waals surface area contributed by atoms with Crippen LogP contribution in [0.1, 0.15) is 25.8 Å². The number of hydrogen-bond donors (Lipinski definition) is 2. The van der Waals surface area contributed by atoms with E-state index in [1.54, 1.807) is 19.4 Å². The Kier molecular flexibility index (Phi) is 4.26. The second kappa shape index (κ2) is 5.27. The fourth-order valence-electron chi connectivity index (χ4n) is 1.58. The van der Waals surface area contributed by atoms with Crippen molar-refractivity contribution in [2.45, 2.75) is 38.4 Å². The molecule has 2 atom stereocenters. The number of nitrogens with two attached hydrogens (primary N) is 1. The van der Waals surface area contributed by atoms with E-state index < -0.39 is 11.7 Å². The maximum atomic E-state index is 10.1. The number of rotatable bonds is 5. The zero-order valence-corrected chi connectivity index (χ0v) is 10.1. The molecule has 0 bridgehead atoms. The molecule has 0 aliphatic carbocycles. The minimum absolute atomic E-state index is 0.473. The second-order valence-electron chi connectivity index (χ2n) is 4.18. The van der Waals surface area contributed by atoms with Crippen LogP contribution in [-0.4, -0.2) is 28.9 Å². The number of pyridine rings is 1. The highest BCUT2D eigenvalue weighted by Gasteiger charge is 2.30. The van der Waals surface area contributed by atoms with Gasteiger partial charge in [-0.1, -0.05) is 6.92 Å². The highest BCUT2D eigenvalue weighted by atomic mass is 16.5. The van der Waals surface area contributed by atoms with Gasteiger partial charge in [-0.25, -0.2) is 4.98 Å². The maximum Gasteiger partial charge on any atom is 0.123 e. The van der Waals surface area contributed by atoms with E-state index in [2.05, 4.69) is 4.98 Å². The molecule has 4 nitrogen and oxygen atoms in total. The molecule has 0 radical (unpaired) electrons. The third kappa shape index (κ3) is 2.93. The molecule has 1 aromatic heterocycles. The van der Waals surface area contributed by atoms with E-state index in [9.17, 15) is 5.11 Å². The van der Waals surface area contributed by atoms with Crippen molar-refractivity contribution in [1.29, 1.82) is 0 Å². The van der Waals surface area contributed by atoms with Gasteiger partial charge < -0.3 is 15.6 Å². The molecule has 0 saturated heterocycles. The standard InChI is InChI=1S/C12H20N2O2/c1-4-12(2,16-3)10(15)7-9-5-6-14-11(13)8-9/h5-6,8,10,15H,4,7H2,1-3H3,(H2,13,14). The van der Waals surface area contributed by atoms with Crippen LogP contribution in [0.2, 0.25) is 0 Å². The second-order valence-corrected chi connectivity index (χ2v) is 4.18. The molecule has 0 aliphatic heterocycles. The Morgan fingerprint density at radius 2 is 2.31 bits per heavy atom. The Labute approximate surface area is 96.5 Å². The van der Waals surface area contributed by atoms with Crippen LogP contribution in [0, 0.1) is 0 Å². The predicted octanol–water partition coefficient (Wildman–Crippen LogP) is 1.38. The summed E-state index contributed by atoms with van der Waals surface area (Å²) in [4.78, 5) is 3.91. The Bertz CT molecular complexity index is 338. The quantitative estimate of drug-likeness (QED) is 0.793. The number of methoxy groups -OCH3 is 1. The van der Waals surface area contributed by atoms with Gasteiger partial charge in [-0.3, -0.25) is 0 Å². The molecule has 0 amide bonds. The lowest BCUT2D eigenvalue weighted by Gasteiger charge is -2.32. The molecule has 1 aromatic rings. The molecule has 1 heterocycles. The number of ether oxygens (including phenoxy) is 1. The van der Waals surface area contributed by atoms with Gasteiger partial charge in [0.25, 0.3) is 0 Å². The molecule has 0 aromatic carbocycles. The molecule has 0 spiro atoms. The van der Waals surface area contributed by atoms with Crippen molar-refractivity contribution < 1.29 is 9.84 Å². The largest absolute Gasteiger partial charge is 0.390 e. The molecule has 1 rings (SSSR count). The fourth-order valence-corrected chi connectivity index (χ4v) is 1.58. The first-order chi connectivity index (χ1) is 7.51. The fraction of sp³-hybridized carbons (Fsp3) is 0.583. The summed E-state index contributed by atoms with van der Waals surface area (Å²) >= 11 is 0. The first kappa shape index (κ1) is 12.9. The lowest BCUT2D eigenvalue weighted by atomic mass is 9.91. The minimum atomic E-state index is -0.552. The molecular formula is C12H20N2O2. The molecule has 0 fully saturated rings. The van der Waals surface area contributed by atoms with E-state index in [4.69, 9.17) is 10.5 Å². The van der Waals surface area contributed by atoms with Crippen LogP contribution >= 0.6 is 0 Å². The summed E-state index contributed by atoms with van der Waals surface area (Å²) in [5, 5.41) is 10.1. The molecule has 0 saturated carbocycles. The Morgan fingerprint density at radius 1 is 1.62 bits per heavy atom. The molecule has 4 heteroatoms. The number of aromatic nitrogens is 1. The van der Waals surface area contributed by atoms with Gasteiger partial charge in [-0.2, -0.15) is 0 Å². The SMILES string of the molecule is CCC(C)(OC)C(O)Cc1ccnc(N)c1. The van der Waals surface area contributed by atoms with Crippen LogP contribution < -0.4 is 5.73 Å².